The van der Waals surface area contributed by atoms with E-state index in [1.54, 1.807) is 0 Å². The first-order valence-electron chi connectivity index (χ1n) is 7.48. The van der Waals surface area contributed by atoms with Crippen LogP contribution in [0.15, 0.2) is 46.9 Å². The van der Waals surface area contributed by atoms with Crippen molar-refractivity contribution in [2.75, 3.05) is 0 Å². The topological polar surface area (TPSA) is 9.23 Å². The third-order valence-corrected chi connectivity index (χ3v) is 4.13. The third kappa shape index (κ3) is 4.34. The van der Waals surface area contributed by atoms with Crippen molar-refractivity contribution >= 4 is 15.9 Å². The van der Waals surface area contributed by atoms with Crippen molar-refractivity contribution in [1.29, 1.82) is 0 Å². The van der Waals surface area contributed by atoms with E-state index in [1.165, 1.54) is 16.7 Å². The van der Waals surface area contributed by atoms with Gasteiger partial charge in [0.25, 0.3) is 0 Å². The highest BCUT2D eigenvalue weighted by Crippen LogP contribution is 2.30. The summed E-state index contributed by atoms with van der Waals surface area (Å²) in [7, 11) is 0. The lowest BCUT2D eigenvalue weighted by molar-refractivity contribution is 0.301. The fourth-order valence-corrected chi connectivity index (χ4v) is 2.64. The van der Waals surface area contributed by atoms with Crippen molar-refractivity contribution in [1.82, 2.24) is 0 Å². The Morgan fingerprint density at radius 3 is 2.14 bits per heavy atom. The monoisotopic (exact) mass is 346 g/mol. The minimum Gasteiger partial charge on any atom is -0.489 e. The molecule has 2 heteroatoms. The van der Waals surface area contributed by atoms with Crippen LogP contribution in [-0.4, -0.2) is 0 Å². The van der Waals surface area contributed by atoms with E-state index in [1.807, 2.05) is 12.1 Å². The molecule has 0 N–H and O–H groups in total. The molecule has 0 spiro atoms. The zero-order chi connectivity index (χ0) is 15.4. The van der Waals surface area contributed by atoms with Crippen LogP contribution in [-0.2, 0) is 6.61 Å². The number of hydrogen-bond acceptors (Lipinski definition) is 1. The second kappa shape index (κ2) is 7.13. The molecule has 0 saturated heterocycles. The van der Waals surface area contributed by atoms with E-state index in [9.17, 15) is 0 Å². The maximum Gasteiger partial charge on any atom is 0.123 e. The molecule has 0 aliphatic heterocycles. The number of benzene rings is 2. The first kappa shape index (κ1) is 16.1. The van der Waals surface area contributed by atoms with Crippen LogP contribution in [0.5, 0.6) is 5.75 Å². The van der Waals surface area contributed by atoms with Crippen LogP contribution >= 0.6 is 15.9 Å². The summed E-state index contributed by atoms with van der Waals surface area (Å²) >= 11 is 3.53. The zero-order valence-electron chi connectivity index (χ0n) is 13.2. The van der Waals surface area contributed by atoms with Gasteiger partial charge in [0.05, 0.1) is 0 Å². The van der Waals surface area contributed by atoms with Crippen molar-refractivity contribution in [3.63, 3.8) is 0 Å². The van der Waals surface area contributed by atoms with E-state index >= 15 is 0 Å². The quantitative estimate of drug-likeness (QED) is 0.619. The lowest BCUT2D eigenvalue weighted by Gasteiger charge is -2.15. The minimum atomic E-state index is 0.445. The number of halogens is 1. The highest BCUT2D eigenvalue weighted by Gasteiger charge is 2.09. The van der Waals surface area contributed by atoms with Crippen molar-refractivity contribution in [2.45, 2.75) is 46.1 Å². The van der Waals surface area contributed by atoms with Crippen molar-refractivity contribution < 1.29 is 4.74 Å². The van der Waals surface area contributed by atoms with Crippen LogP contribution in [0, 0.1) is 0 Å². The molecule has 0 atom stereocenters. The van der Waals surface area contributed by atoms with Crippen LogP contribution in [0.1, 0.15) is 56.2 Å². The summed E-state index contributed by atoms with van der Waals surface area (Å²) in [5.41, 5.74) is 3.81. The highest BCUT2D eigenvalue weighted by molar-refractivity contribution is 9.10. The van der Waals surface area contributed by atoms with Crippen LogP contribution in [0.4, 0.5) is 0 Å². The van der Waals surface area contributed by atoms with Crippen molar-refractivity contribution in [3.8, 4) is 5.75 Å². The molecule has 2 rings (SSSR count). The van der Waals surface area contributed by atoms with Gasteiger partial charge < -0.3 is 4.74 Å². The van der Waals surface area contributed by atoms with Gasteiger partial charge in [-0.3, -0.25) is 0 Å². The molecule has 0 aromatic heterocycles. The lowest BCUT2D eigenvalue weighted by atomic mass is 10.0. The highest BCUT2D eigenvalue weighted by atomic mass is 79.9. The predicted molar refractivity (Wildman–Crippen MR) is 93.1 cm³/mol. The van der Waals surface area contributed by atoms with Gasteiger partial charge >= 0.3 is 0 Å². The second-order valence-corrected chi connectivity index (χ2v) is 6.94. The van der Waals surface area contributed by atoms with Gasteiger partial charge in [-0.15, -0.1) is 0 Å². The average Bonchev–Trinajstić information content (AvgIpc) is 2.46. The van der Waals surface area contributed by atoms with Gasteiger partial charge in [0, 0.05) is 4.47 Å². The molecule has 0 aliphatic rings. The molecule has 2 aromatic rings. The second-order valence-electron chi connectivity index (χ2n) is 6.02. The molecule has 0 amide bonds. The average molecular weight is 347 g/mol. The molecule has 0 aliphatic carbocycles. The van der Waals surface area contributed by atoms with Crippen LogP contribution in [0.2, 0.25) is 0 Å². The fourth-order valence-electron chi connectivity index (χ4n) is 2.26. The van der Waals surface area contributed by atoms with E-state index in [-0.39, 0.29) is 0 Å². The summed E-state index contributed by atoms with van der Waals surface area (Å²) < 4.78 is 7.12. The van der Waals surface area contributed by atoms with E-state index < -0.39 is 0 Å². The van der Waals surface area contributed by atoms with Gasteiger partial charge in [-0.05, 0) is 46.7 Å². The van der Waals surface area contributed by atoms with Crippen molar-refractivity contribution in [3.05, 3.63) is 63.6 Å². The molecule has 112 valence electrons. The molecular formula is C19H23BrO. The van der Waals surface area contributed by atoms with Crippen LogP contribution < -0.4 is 4.74 Å². The Bertz CT molecular complexity index is 585. The van der Waals surface area contributed by atoms with E-state index in [0.29, 0.717) is 18.4 Å². The maximum absolute atomic E-state index is 6.02. The standard InChI is InChI=1S/C19H23BrO/c1-13(2)16-7-5-15(6-8-16)12-21-19-10-9-17(20)11-18(19)14(3)4/h5-11,13-14H,12H2,1-4H3. The number of hydrogen-bond donors (Lipinski definition) is 0. The Morgan fingerprint density at radius 2 is 1.57 bits per heavy atom. The molecular weight excluding hydrogens is 324 g/mol. The molecule has 0 fully saturated rings. The van der Waals surface area contributed by atoms with Gasteiger partial charge in [-0.1, -0.05) is 67.9 Å². The van der Waals surface area contributed by atoms with Gasteiger partial charge in [-0.2, -0.15) is 0 Å². The largest absolute Gasteiger partial charge is 0.489 e. The Balaban J connectivity index is 2.09. The lowest BCUT2D eigenvalue weighted by Crippen LogP contribution is -2.00. The molecule has 1 nitrogen and oxygen atoms in total. The Hall–Kier alpha value is -1.28. The van der Waals surface area contributed by atoms with E-state index in [0.717, 1.165) is 10.2 Å². The Labute approximate surface area is 136 Å². The maximum atomic E-state index is 6.02. The van der Waals surface area contributed by atoms with Crippen LogP contribution in [0.25, 0.3) is 0 Å². The van der Waals surface area contributed by atoms with E-state index in [4.69, 9.17) is 4.74 Å². The van der Waals surface area contributed by atoms with Crippen LogP contribution in [0.3, 0.4) is 0 Å². The van der Waals surface area contributed by atoms with Crippen molar-refractivity contribution in [2.24, 2.45) is 0 Å². The summed E-state index contributed by atoms with van der Waals surface area (Å²) in [4.78, 5) is 0. The third-order valence-electron chi connectivity index (χ3n) is 3.63. The SMILES string of the molecule is CC(C)c1ccc(COc2ccc(Br)cc2C(C)C)cc1. The summed E-state index contributed by atoms with van der Waals surface area (Å²) in [6.45, 7) is 9.41. The smallest absolute Gasteiger partial charge is 0.123 e. The molecule has 0 radical (unpaired) electrons. The number of rotatable bonds is 5. The molecule has 0 unspecified atom stereocenters. The first-order valence-corrected chi connectivity index (χ1v) is 8.27. The van der Waals surface area contributed by atoms with Gasteiger partial charge in [0.2, 0.25) is 0 Å². The normalized spacial score (nSPS) is 11.2. The number of ether oxygens (including phenoxy) is 1. The summed E-state index contributed by atoms with van der Waals surface area (Å²) in [5.74, 6) is 1.99. The fraction of sp³-hybridized carbons (Fsp3) is 0.368. The predicted octanol–water partition coefficient (Wildman–Crippen LogP) is 6.27. The molecule has 0 heterocycles. The summed E-state index contributed by atoms with van der Waals surface area (Å²) in [5, 5.41) is 0. The van der Waals surface area contributed by atoms with Gasteiger partial charge in [0.1, 0.15) is 12.4 Å². The van der Waals surface area contributed by atoms with E-state index in [2.05, 4.69) is 74.0 Å². The Morgan fingerprint density at radius 1 is 0.905 bits per heavy atom. The van der Waals surface area contributed by atoms with Gasteiger partial charge in [-0.25, -0.2) is 0 Å². The Kier molecular flexibility index (Phi) is 5.46. The molecule has 0 bridgehead atoms. The van der Waals surface area contributed by atoms with Gasteiger partial charge in [0.15, 0.2) is 0 Å². The summed E-state index contributed by atoms with van der Waals surface area (Å²) in [6.07, 6.45) is 0. The molecule has 0 saturated carbocycles. The minimum absolute atomic E-state index is 0.445. The zero-order valence-corrected chi connectivity index (χ0v) is 14.8. The summed E-state index contributed by atoms with van der Waals surface area (Å²) in [6, 6.07) is 14.9. The molecule has 2 aromatic carbocycles. The first-order chi connectivity index (χ1) is 9.97. The molecule has 21 heavy (non-hydrogen) atoms.